The molecule has 2 saturated heterocycles. The van der Waals surface area contributed by atoms with Gasteiger partial charge in [0.2, 0.25) is 5.95 Å². The highest BCUT2D eigenvalue weighted by atomic mass is 16.6. The molecule has 2 fully saturated rings. The zero-order chi connectivity index (χ0) is 22.9. The van der Waals surface area contributed by atoms with Crippen molar-refractivity contribution in [1.29, 1.82) is 0 Å². The standard InChI is InChI=1S/C23H28N4O5/c1-13(28)14-5-7-15(8-6-14)25-22(29)32-17-12-31-19-16(11-30-20(17)19)26-21-24-10-9-18(27-21)23(2,3)4/h5-10,16-17,19-20H,11-12H2,1-4H3,(H,25,29)(H,24,26,27)/t16-,17+,19+,20+/m0/s1. The fourth-order valence-electron chi connectivity index (χ4n) is 3.77. The van der Waals surface area contributed by atoms with E-state index in [1.807, 2.05) is 6.07 Å². The van der Waals surface area contributed by atoms with E-state index in [-0.39, 0.29) is 36.1 Å². The monoisotopic (exact) mass is 440 g/mol. The zero-order valence-corrected chi connectivity index (χ0v) is 18.6. The third-order valence-corrected chi connectivity index (χ3v) is 5.54. The molecule has 170 valence electrons. The van der Waals surface area contributed by atoms with Crippen LogP contribution in [0.2, 0.25) is 0 Å². The lowest BCUT2D eigenvalue weighted by Crippen LogP contribution is -2.38. The number of nitrogens with zero attached hydrogens (tertiary/aromatic N) is 2. The summed E-state index contributed by atoms with van der Waals surface area (Å²) in [6.45, 7) is 8.42. The van der Waals surface area contributed by atoms with Gasteiger partial charge in [0, 0.05) is 22.9 Å². The maximum absolute atomic E-state index is 12.3. The normalized spacial score (nSPS) is 24.6. The van der Waals surface area contributed by atoms with Gasteiger partial charge in [0.05, 0.1) is 24.9 Å². The summed E-state index contributed by atoms with van der Waals surface area (Å²) < 4.78 is 17.3. The van der Waals surface area contributed by atoms with Crippen molar-refractivity contribution in [3.05, 3.63) is 47.8 Å². The molecule has 4 rings (SSSR count). The summed E-state index contributed by atoms with van der Waals surface area (Å²) in [6, 6.07) is 8.37. The highest BCUT2D eigenvalue weighted by molar-refractivity contribution is 5.94. The predicted octanol–water partition coefficient (Wildman–Crippen LogP) is 3.17. The molecular weight excluding hydrogens is 412 g/mol. The molecule has 0 bridgehead atoms. The molecule has 0 radical (unpaired) electrons. The number of rotatable bonds is 5. The van der Waals surface area contributed by atoms with Gasteiger partial charge < -0.3 is 19.5 Å². The molecule has 2 aliphatic rings. The molecule has 0 spiro atoms. The van der Waals surface area contributed by atoms with Gasteiger partial charge in [0.1, 0.15) is 12.2 Å². The number of Topliss-reactive ketones (excluding diaryl/α,β-unsaturated/α-hetero) is 1. The molecule has 9 nitrogen and oxygen atoms in total. The number of nitrogens with one attached hydrogen (secondary N) is 2. The van der Waals surface area contributed by atoms with Gasteiger partial charge in [0.15, 0.2) is 11.9 Å². The topological polar surface area (TPSA) is 112 Å². The summed E-state index contributed by atoms with van der Waals surface area (Å²) in [4.78, 5) is 32.6. The molecular formula is C23H28N4O5. The Labute approximate surface area is 186 Å². The molecule has 0 saturated carbocycles. The number of ketones is 1. The molecule has 1 aromatic heterocycles. The second kappa shape index (κ2) is 8.84. The summed E-state index contributed by atoms with van der Waals surface area (Å²) in [7, 11) is 0. The van der Waals surface area contributed by atoms with Crippen LogP contribution in [0.15, 0.2) is 36.5 Å². The number of benzene rings is 1. The van der Waals surface area contributed by atoms with E-state index in [9.17, 15) is 9.59 Å². The van der Waals surface area contributed by atoms with E-state index in [4.69, 9.17) is 14.2 Å². The molecule has 32 heavy (non-hydrogen) atoms. The van der Waals surface area contributed by atoms with Crippen molar-refractivity contribution in [1.82, 2.24) is 9.97 Å². The summed E-state index contributed by atoms with van der Waals surface area (Å²) in [5.41, 5.74) is 1.97. The maximum atomic E-state index is 12.3. The van der Waals surface area contributed by atoms with Gasteiger partial charge in [-0.05, 0) is 37.3 Å². The third-order valence-electron chi connectivity index (χ3n) is 5.54. The highest BCUT2D eigenvalue weighted by Gasteiger charge is 2.49. The summed E-state index contributed by atoms with van der Waals surface area (Å²) in [6.07, 6.45) is -0.0346. The minimum atomic E-state index is -0.601. The molecule has 1 amide bonds. The second-order valence-corrected chi connectivity index (χ2v) is 9.06. The van der Waals surface area contributed by atoms with Crippen LogP contribution in [0, 0.1) is 0 Å². The molecule has 4 atom stereocenters. The van der Waals surface area contributed by atoms with Crippen molar-refractivity contribution in [3.63, 3.8) is 0 Å². The molecule has 9 heteroatoms. The number of fused-ring (bicyclic) bond motifs is 1. The summed E-state index contributed by atoms with van der Waals surface area (Å²) >= 11 is 0. The van der Waals surface area contributed by atoms with Gasteiger partial charge in [-0.3, -0.25) is 10.1 Å². The van der Waals surface area contributed by atoms with Crippen LogP contribution < -0.4 is 10.6 Å². The van der Waals surface area contributed by atoms with Crippen LogP contribution in [0.5, 0.6) is 0 Å². The molecule has 3 heterocycles. The number of anilines is 2. The minimum Gasteiger partial charge on any atom is -0.441 e. The molecule has 0 aliphatic carbocycles. The Balaban J connectivity index is 1.33. The third kappa shape index (κ3) is 4.89. The van der Waals surface area contributed by atoms with E-state index in [1.165, 1.54) is 6.92 Å². The van der Waals surface area contributed by atoms with Gasteiger partial charge in [-0.15, -0.1) is 0 Å². The molecule has 1 aromatic carbocycles. The zero-order valence-electron chi connectivity index (χ0n) is 18.6. The number of carbonyl (C=O) groups excluding carboxylic acids is 2. The summed E-state index contributed by atoms with van der Waals surface area (Å²) in [5.74, 6) is 0.483. The van der Waals surface area contributed by atoms with Gasteiger partial charge in [-0.25, -0.2) is 14.8 Å². The first kappa shape index (κ1) is 22.2. The van der Waals surface area contributed by atoms with Crippen LogP contribution in [0.1, 0.15) is 43.7 Å². The molecule has 2 aromatic rings. The number of aromatic nitrogens is 2. The Hall–Kier alpha value is -3.04. The summed E-state index contributed by atoms with van der Waals surface area (Å²) in [5, 5.41) is 5.96. The second-order valence-electron chi connectivity index (χ2n) is 9.06. The Morgan fingerprint density at radius 1 is 1.06 bits per heavy atom. The van der Waals surface area contributed by atoms with Gasteiger partial charge in [-0.1, -0.05) is 20.8 Å². The first-order valence-corrected chi connectivity index (χ1v) is 10.6. The first-order chi connectivity index (χ1) is 15.2. The Morgan fingerprint density at radius 3 is 2.47 bits per heavy atom. The molecule has 2 aliphatic heterocycles. The van der Waals surface area contributed by atoms with E-state index in [2.05, 4.69) is 41.4 Å². The maximum Gasteiger partial charge on any atom is 0.412 e. The van der Waals surface area contributed by atoms with Crippen molar-refractivity contribution >= 4 is 23.5 Å². The minimum absolute atomic E-state index is 0.0367. The largest absolute Gasteiger partial charge is 0.441 e. The van der Waals surface area contributed by atoms with Crippen molar-refractivity contribution in [2.24, 2.45) is 0 Å². The average molecular weight is 441 g/mol. The van der Waals surface area contributed by atoms with Crippen LogP contribution in [0.3, 0.4) is 0 Å². The predicted molar refractivity (Wildman–Crippen MR) is 118 cm³/mol. The van der Waals surface area contributed by atoms with Crippen molar-refractivity contribution in [2.45, 2.75) is 57.5 Å². The SMILES string of the molecule is CC(=O)c1ccc(NC(=O)O[C@@H]2CO[C@H]3[C@@H]2OC[C@@H]3Nc2nccc(C(C)(C)C)n2)cc1. The number of hydrogen-bond donors (Lipinski definition) is 2. The Morgan fingerprint density at radius 2 is 1.78 bits per heavy atom. The smallest absolute Gasteiger partial charge is 0.412 e. The Kier molecular flexibility index (Phi) is 6.12. The van der Waals surface area contributed by atoms with Crippen LogP contribution in [0.4, 0.5) is 16.4 Å². The van der Waals surface area contributed by atoms with E-state index in [1.54, 1.807) is 30.5 Å². The molecule has 0 unspecified atom stereocenters. The van der Waals surface area contributed by atoms with E-state index < -0.39 is 12.2 Å². The lowest BCUT2D eigenvalue weighted by Gasteiger charge is -2.20. The average Bonchev–Trinajstić information content (AvgIpc) is 3.31. The highest BCUT2D eigenvalue weighted by Crippen LogP contribution is 2.31. The lowest BCUT2D eigenvalue weighted by atomic mass is 9.92. The fraction of sp³-hybridized carbons (Fsp3) is 0.478. The van der Waals surface area contributed by atoms with E-state index >= 15 is 0 Å². The first-order valence-electron chi connectivity index (χ1n) is 10.6. The van der Waals surface area contributed by atoms with E-state index in [0.29, 0.717) is 23.8 Å². The van der Waals surface area contributed by atoms with Crippen molar-refractivity contribution in [2.75, 3.05) is 23.8 Å². The number of hydrogen-bond acceptors (Lipinski definition) is 8. The van der Waals surface area contributed by atoms with Gasteiger partial charge in [-0.2, -0.15) is 0 Å². The van der Waals surface area contributed by atoms with E-state index in [0.717, 1.165) is 5.69 Å². The fourth-order valence-corrected chi connectivity index (χ4v) is 3.77. The van der Waals surface area contributed by atoms with Crippen molar-refractivity contribution < 1.29 is 23.8 Å². The quantitative estimate of drug-likeness (QED) is 0.682. The lowest BCUT2D eigenvalue weighted by molar-refractivity contribution is 0.00916. The van der Waals surface area contributed by atoms with Gasteiger partial charge in [0.25, 0.3) is 0 Å². The number of ether oxygens (including phenoxy) is 3. The van der Waals surface area contributed by atoms with Crippen LogP contribution in [-0.2, 0) is 19.6 Å². The number of amides is 1. The number of carbonyl (C=O) groups is 2. The van der Waals surface area contributed by atoms with Crippen molar-refractivity contribution in [3.8, 4) is 0 Å². The Bertz CT molecular complexity index is 989. The van der Waals surface area contributed by atoms with Crippen LogP contribution in [0.25, 0.3) is 0 Å². The molecule has 2 N–H and O–H groups in total. The van der Waals surface area contributed by atoms with Crippen LogP contribution >= 0.6 is 0 Å². The van der Waals surface area contributed by atoms with Gasteiger partial charge >= 0.3 is 6.09 Å². The van der Waals surface area contributed by atoms with Crippen LogP contribution in [-0.4, -0.2) is 59.4 Å².